The van der Waals surface area contributed by atoms with Crippen molar-refractivity contribution in [2.75, 3.05) is 6.61 Å². The monoisotopic (exact) mass is 259 g/mol. The number of hydrogen-bond acceptors (Lipinski definition) is 3. The number of rotatable bonds is 8. The van der Waals surface area contributed by atoms with E-state index in [4.69, 9.17) is 5.11 Å². The summed E-state index contributed by atoms with van der Waals surface area (Å²) in [5.74, 6) is 0.163. The Kier molecular flexibility index (Phi) is 6.60. The minimum absolute atomic E-state index is 0.159. The van der Waals surface area contributed by atoms with E-state index >= 15 is 0 Å². The van der Waals surface area contributed by atoms with Crippen LogP contribution in [-0.4, -0.2) is 24.4 Å². The molecule has 0 aliphatic heterocycles. The molecule has 0 spiro atoms. The zero-order chi connectivity index (χ0) is 13.4. The summed E-state index contributed by atoms with van der Waals surface area (Å²) >= 11 is 0. The zero-order valence-corrected chi connectivity index (χ0v) is 10.4. The van der Waals surface area contributed by atoms with Crippen molar-refractivity contribution >= 4 is 0 Å². The van der Waals surface area contributed by atoms with Gasteiger partial charge in [0, 0.05) is 19.2 Å². The van der Waals surface area contributed by atoms with Crippen LogP contribution in [0.25, 0.3) is 0 Å². The fourth-order valence-corrected chi connectivity index (χ4v) is 1.66. The van der Waals surface area contributed by atoms with E-state index in [0.29, 0.717) is 13.0 Å². The zero-order valence-electron chi connectivity index (χ0n) is 10.4. The third-order valence-electron chi connectivity index (χ3n) is 2.71. The van der Waals surface area contributed by atoms with Gasteiger partial charge in [-0.2, -0.15) is 8.78 Å². The number of aliphatic hydroxyl groups excluding tert-OH is 1. The molecule has 1 unspecified atom stereocenters. The van der Waals surface area contributed by atoms with Crippen molar-refractivity contribution in [3.63, 3.8) is 0 Å². The van der Waals surface area contributed by atoms with E-state index in [2.05, 4.69) is 10.1 Å². The smallest absolute Gasteiger partial charge is 0.387 e. The summed E-state index contributed by atoms with van der Waals surface area (Å²) in [5, 5.41) is 12.2. The van der Waals surface area contributed by atoms with Crippen molar-refractivity contribution in [2.24, 2.45) is 0 Å². The average molecular weight is 259 g/mol. The van der Waals surface area contributed by atoms with Crippen molar-refractivity contribution in [3.8, 4) is 5.75 Å². The first-order valence-corrected chi connectivity index (χ1v) is 6.03. The molecule has 3 nitrogen and oxygen atoms in total. The molecule has 0 fully saturated rings. The second-order valence-electron chi connectivity index (χ2n) is 4.02. The minimum Gasteiger partial charge on any atom is -0.435 e. The summed E-state index contributed by atoms with van der Waals surface area (Å²) in [6, 6.07) is 6.81. The van der Waals surface area contributed by atoms with Crippen molar-refractivity contribution in [2.45, 2.75) is 39.0 Å². The summed E-state index contributed by atoms with van der Waals surface area (Å²) in [6.45, 7) is 0.0653. The summed E-state index contributed by atoms with van der Waals surface area (Å²) < 4.78 is 28.2. The molecule has 0 amide bonds. The van der Waals surface area contributed by atoms with Crippen LogP contribution in [0.3, 0.4) is 0 Å². The third kappa shape index (κ3) is 5.42. The number of alkyl halides is 2. The van der Waals surface area contributed by atoms with E-state index in [-0.39, 0.29) is 18.4 Å². The first kappa shape index (κ1) is 14.9. The Labute approximate surface area is 106 Å². The van der Waals surface area contributed by atoms with E-state index < -0.39 is 6.61 Å². The van der Waals surface area contributed by atoms with Gasteiger partial charge in [-0.25, -0.2) is 0 Å². The number of hydrogen-bond donors (Lipinski definition) is 2. The molecule has 1 aromatic rings. The molecule has 1 rings (SSSR count). The molecule has 0 aliphatic rings. The van der Waals surface area contributed by atoms with Crippen LogP contribution >= 0.6 is 0 Å². The molecule has 5 heteroatoms. The van der Waals surface area contributed by atoms with Crippen molar-refractivity contribution in [3.05, 3.63) is 29.8 Å². The highest BCUT2D eigenvalue weighted by molar-refractivity contribution is 5.27. The molecule has 1 aromatic carbocycles. The number of halogens is 2. The summed E-state index contributed by atoms with van der Waals surface area (Å²) in [4.78, 5) is 0. The molecule has 1 atom stereocenters. The first-order chi connectivity index (χ1) is 8.65. The quantitative estimate of drug-likeness (QED) is 0.754. The Bertz CT molecular complexity index is 330. The van der Waals surface area contributed by atoms with Gasteiger partial charge >= 0.3 is 6.61 Å². The first-order valence-electron chi connectivity index (χ1n) is 6.03. The van der Waals surface area contributed by atoms with Crippen LogP contribution < -0.4 is 10.1 Å². The summed E-state index contributed by atoms with van der Waals surface area (Å²) in [7, 11) is 0. The molecule has 0 aliphatic carbocycles. The highest BCUT2D eigenvalue weighted by Crippen LogP contribution is 2.15. The van der Waals surface area contributed by atoms with Crippen LogP contribution in [0.15, 0.2) is 24.3 Å². The number of ether oxygens (including phenoxy) is 1. The molecule has 102 valence electrons. The fourth-order valence-electron chi connectivity index (χ4n) is 1.66. The normalized spacial score (nSPS) is 12.7. The molecule has 18 heavy (non-hydrogen) atoms. The van der Waals surface area contributed by atoms with Crippen molar-refractivity contribution < 1.29 is 18.6 Å². The number of aliphatic hydroxyl groups is 1. The number of nitrogens with one attached hydrogen (secondary N) is 1. The Hall–Kier alpha value is -1.20. The van der Waals surface area contributed by atoms with Crippen LogP contribution in [0.5, 0.6) is 5.75 Å². The second kappa shape index (κ2) is 8.00. The van der Waals surface area contributed by atoms with Gasteiger partial charge in [0.25, 0.3) is 0 Å². The summed E-state index contributed by atoms with van der Waals surface area (Å²) in [6.07, 6.45) is 1.65. The molecule has 0 bridgehead atoms. The Morgan fingerprint density at radius 1 is 1.28 bits per heavy atom. The predicted octanol–water partition coefficient (Wildman–Crippen LogP) is 2.54. The SMILES string of the molecule is CCC(CCO)NCc1ccc(OC(F)F)cc1. The topological polar surface area (TPSA) is 41.5 Å². The van der Waals surface area contributed by atoms with Crippen LogP contribution in [0.4, 0.5) is 8.78 Å². The molecule has 0 saturated heterocycles. The molecular weight excluding hydrogens is 240 g/mol. The molecule has 0 heterocycles. The highest BCUT2D eigenvalue weighted by atomic mass is 19.3. The van der Waals surface area contributed by atoms with Crippen LogP contribution in [0.2, 0.25) is 0 Å². The van der Waals surface area contributed by atoms with Crippen molar-refractivity contribution in [1.29, 1.82) is 0 Å². The maximum atomic E-state index is 11.9. The lowest BCUT2D eigenvalue weighted by molar-refractivity contribution is -0.0498. The largest absolute Gasteiger partial charge is 0.435 e. The van der Waals surface area contributed by atoms with Crippen LogP contribution in [-0.2, 0) is 6.54 Å². The maximum Gasteiger partial charge on any atom is 0.387 e. The van der Waals surface area contributed by atoms with Gasteiger partial charge < -0.3 is 15.2 Å². The van der Waals surface area contributed by atoms with Gasteiger partial charge in [-0.3, -0.25) is 0 Å². The lowest BCUT2D eigenvalue weighted by atomic mass is 10.1. The van der Waals surface area contributed by atoms with E-state index in [1.807, 2.05) is 6.92 Å². The average Bonchev–Trinajstić information content (AvgIpc) is 2.35. The molecular formula is C13H19F2NO2. The predicted molar refractivity (Wildman–Crippen MR) is 65.7 cm³/mol. The second-order valence-corrected chi connectivity index (χ2v) is 4.02. The Morgan fingerprint density at radius 3 is 2.44 bits per heavy atom. The van der Waals surface area contributed by atoms with Crippen LogP contribution in [0, 0.1) is 0 Å². The lowest BCUT2D eigenvalue weighted by Crippen LogP contribution is -2.28. The van der Waals surface area contributed by atoms with Gasteiger partial charge in [-0.05, 0) is 30.5 Å². The third-order valence-corrected chi connectivity index (χ3v) is 2.71. The minimum atomic E-state index is -2.79. The Balaban J connectivity index is 2.43. The van der Waals surface area contributed by atoms with Gasteiger partial charge in [0.2, 0.25) is 0 Å². The van der Waals surface area contributed by atoms with E-state index in [1.54, 1.807) is 12.1 Å². The lowest BCUT2D eigenvalue weighted by Gasteiger charge is -2.15. The Morgan fingerprint density at radius 2 is 1.94 bits per heavy atom. The molecule has 0 aromatic heterocycles. The summed E-state index contributed by atoms with van der Waals surface area (Å²) in [5.41, 5.74) is 0.994. The molecule has 2 N–H and O–H groups in total. The van der Waals surface area contributed by atoms with Gasteiger partial charge in [0.15, 0.2) is 0 Å². The standard InChI is InChI=1S/C13H19F2NO2/c1-2-11(7-8-17)16-9-10-3-5-12(6-4-10)18-13(14)15/h3-6,11,13,16-17H,2,7-9H2,1H3. The maximum absolute atomic E-state index is 11.9. The number of benzene rings is 1. The van der Waals surface area contributed by atoms with Gasteiger partial charge in [0.05, 0.1) is 0 Å². The molecule has 0 radical (unpaired) electrons. The fraction of sp³-hybridized carbons (Fsp3) is 0.538. The molecule has 0 saturated carbocycles. The van der Waals surface area contributed by atoms with E-state index in [0.717, 1.165) is 12.0 Å². The van der Waals surface area contributed by atoms with Gasteiger partial charge in [0.1, 0.15) is 5.75 Å². The van der Waals surface area contributed by atoms with E-state index in [9.17, 15) is 8.78 Å². The van der Waals surface area contributed by atoms with Crippen LogP contribution in [0.1, 0.15) is 25.3 Å². The highest BCUT2D eigenvalue weighted by Gasteiger charge is 2.06. The van der Waals surface area contributed by atoms with E-state index in [1.165, 1.54) is 12.1 Å². The van der Waals surface area contributed by atoms with Gasteiger partial charge in [-0.15, -0.1) is 0 Å². The van der Waals surface area contributed by atoms with Gasteiger partial charge in [-0.1, -0.05) is 19.1 Å². The van der Waals surface area contributed by atoms with Crippen molar-refractivity contribution in [1.82, 2.24) is 5.32 Å².